The Kier molecular flexibility index (Phi) is 7.34. The quantitative estimate of drug-likeness (QED) is 0.175. The van der Waals surface area contributed by atoms with Crippen LogP contribution in [0.25, 0.3) is 61.8 Å². The van der Waals surface area contributed by atoms with Crippen LogP contribution >= 0.6 is 0 Å². The molecule has 3 heterocycles. The molecule has 59 heavy (non-hydrogen) atoms. The largest absolute Gasteiger partial charge is 0.277 e. The molecule has 1 aliphatic heterocycles. The summed E-state index contributed by atoms with van der Waals surface area (Å²) in [5.41, 5.74) is 14.5. The van der Waals surface area contributed by atoms with Crippen LogP contribution in [0.1, 0.15) is 22.3 Å². The molecule has 6 nitrogen and oxygen atoms in total. The molecule has 0 saturated heterocycles. The summed E-state index contributed by atoms with van der Waals surface area (Å²) in [6.07, 6.45) is 0. The van der Waals surface area contributed by atoms with Crippen LogP contribution in [-0.4, -0.2) is 24.5 Å². The molecule has 2 aromatic heterocycles. The Morgan fingerprint density at radius 2 is 0.915 bits per heavy atom. The monoisotopic (exact) mass is 754 g/mol. The third-order valence-corrected chi connectivity index (χ3v) is 11.9. The zero-order valence-corrected chi connectivity index (χ0v) is 31.8. The lowest BCUT2D eigenvalue weighted by Gasteiger charge is -2.34. The van der Waals surface area contributed by atoms with Crippen molar-refractivity contribution in [2.75, 3.05) is 4.90 Å². The Balaban J connectivity index is 1.14. The van der Waals surface area contributed by atoms with Crippen molar-refractivity contribution >= 4 is 28.6 Å². The number of rotatable bonds is 5. The highest BCUT2D eigenvalue weighted by Gasteiger charge is 2.46. The van der Waals surface area contributed by atoms with E-state index in [4.69, 9.17) is 19.9 Å². The number of anilines is 3. The van der Waals surface area contributed by atoms with Gasteiger partial charge in [-0.2, -0.15) is 9.97 Å². The van der Waals surface area contributed by atoms with E-state index in [1.54, 1.807) is 0 Å². The number of benzene rings is 8. The topological polar surface area (TPSA) is 59.7 Å². The SMILES string of the molecule is c1ccc(-c2nc(-c3ccc4c(c3)C(c3ccccc3)(c3ccccc3)c3ccccc3-4)nc(N3c4ccccc4-c4ccccc4-n4c3nc3ccccc34)n2)cc1. The van der Waals surface area contributed by atoms with Gasteiger partial charge < -0.3 is 0 Å². The Morgan fingerprint density at radius 3 is 1.64 bits per heavy atom. The molecule has 2 aliphatic rings. The van der Waals surface area contributed by atoms with Crippen LogP contribution in [0.15, 0.2) is 206 Å². The van der Waals surface area contributed by atoms with Crippen LogP contribution in [0.2, 0.25) is 0 Å². The van der Waals surface area contributed by atoms with Crippen molar-refractivity contribution in [3.63, 3.8) is 0 Å². The van der Waals surface area contributed by atoms with Gasteiger partial charge in [0.15, 0.2) is 11.6 Å². The van der Waals surface area contributed by atoms with E-state index >= 15 is 0 Å². The van der Waals surface area contributed by atoms with E-state index in [-0.39, 0.29) is 0 Å². The fraction of sp³-hybridized carbons (Fsp3) is 0.0189. The minimum atomic E-state index is -0.567. The molecular weight excluding hydrogens is 721 g/mol. The predicted molar refractivity (Wildman–Crippen MR) is 236 cm³/mol. The van der Waals surface area contributed by atoms with Crippen LogP contribution < -0.4 is 4.90 Å². The standard InChI is InChI=1S/C53H34N6/c1-4-18-35(19-5-1)49-55-50(36-32-33-40-39-24-10-13-27-43(39)53(44(40)34-36,37-20-6-2-7-21-37)38-22-8-3-9-23-38)57-51(56-49)59-47-30-16-12-26-42(47)41-25-11-15-29-46(41)58-48-31-17-14-28-45(48)54-52(58)59/h1-34H. The van der Waals surface area contributed by atoms with Gasteiger partial charge >= 0.3 is 0 Å². The molecule has 0 spiro atoms. The lowest BCUT2D eigenvalue weighted by atomic mass is 9.67. The lowest BCUT2D eigenvalue weighted by Crippen LogP contribution is -2.28. The van der Waals surface area contributed by atoms with Gasteiger partial charge in [0.2, 0.25) is 11.9 Å². The molecule has 0 fully saturated rings. The molecule has 0 radical (unpaired) electrons. The van der Waals surface area contributed by atoms with Crippen LogP contribution in [0.3, 0.4) is 0 Å². The second kappa shape index (κ2) is 13.0. The molecule has 0 atom stereocenters. The Morgan fingerprint density at radius 1 is 0.373 bits per heavy atom. The number of fused-ring (bicyclic) bond motifs is 10. The predicted octanol–water partition coefficient (Wildman–Crippen LogP) is 12.4. The summed E-state index contributed by atoms with van der Waals surface area (Å²) >= 11 is 0. The summed E-state index contributed by atoms with van der Waals surface area (Å²) in [5, 5.41) is 0. The van der Waals surface area contributed by atoms with Crippen LogP contribution in [0.4, 0.5) is 17.6 Å². The highest BCUT2D eigenvalue weighted by atomic mass is 15.4. The Bertz CT molecular complexity index is 3190. The molecular formula is C53H34N6. The molecule has 8 aromatic carbocycles. The van der Waals surface area contributed by atoms with Gasteiger partial charge in [-0.05, 0) is 63.7 Å². The number of imidazole rings is 1. The molecule has 0 unspecified atom stereocenters. The maximum Gasteiger partial charge on any atom is 0.241 e. The van der Waals surface area contributed by atoms with Crippen molar-refractivity contribution in [2.45, 2.75) is 5.41 Å². The van der Waals surface area contributed by atoms with E-state index in [1.807, 2.05) is 24.3 Å². The molecule has 276 valence electrons. The smallest absolute Gasteiger partial charge is 0.241 e. The average molecular weight is 755 g/mol. The summed E-state index contributed by atoms with van der Waals surface area (Å²) in [6, 6.07) is 72.7. The van der Waals surface area contributed by atoms with Crippen LogP contribution in [-0.2, 0) is 5.41 Å². The van der Waals surface area contributed by atoms with Gasteiger partial charge in [-0.1, -0.05) is 176 Å². The number of aromatic nitrogens is 5. The zero-order valence-electron chi connectivity index (χ0n) is 31.8. The minimum absolute atomic E-state index is 0.479. The van der Waals surface area contributed by atoms with Gasteiger partial charge in [-0.3, -0.25) is 4.57 Å². The second-order valence-corrected chi connectivity index (χ2v) is 15.0. The lowest BCUT2D eigenvalue weighted by molar-refractivity contribution is 0.768. The first-order chi connectivity index (χ1) is 29.3. The number of hydrogen-bond acceptors (Lipinski definition) is 5. The fourth-order valence-corrected chi connectivity index (χ4v) is 9.39. The molecule has 6 heteroatoms. The third-order valence-electron chi connectivity index (χ3n) is 11.9. The normalized spacial score (nSPS) is 13.2. The number of nitrogens with zero attached hydrogens (tertiary/aromatic N) is 6. The summed E-state index contributed by atoms with van der Waals surface area (Å²) in [4.78, 5) is 23.4. The number of para-hydroxylation sites is 4. The highest BCUT2D eigenvalue weighted by Crippen LogP contribution is 2.57. The van der Waals surface area contributed by atoms with E-state index in [0.717, 1.165) is 44.7 Å². The van der Waals surface area contributed by atoms with Gasteiger partial charge in [-0.25, -0.2) is 14.9 Å². The Hall–Kier alpha value is -7.96. The average Bonchev–Trinajstić information content (AvgIpc) is 3.80. The van der Waals surface area contributed by atoms with Crippen molar-refractivity contribution < 1.29 is 0 Å². The van der Waals surface area contributed by atoms with E-state index in [1.165, 1.54) is 33.4 Å². The van der Waals surface area contributed by atoms with E-state index in [0.29, 0.717) is 23.5 Å². The van der Waals surface area contributed by atoms with Gasteiger partial charge in [0.05, 0.1) is 27.8 Å². The second-order valence-electron chi connectivity index (χ2n) is 15.0. The third kappa shape index (κ3) is 4.93. The molecule has 12 rings (SSSR count). The highest BCUT2D eigenvalue weighted by molar-refractivity contribution is 5.96. The van der Waals surface area contributed by atoms with E-state index in [9.17, 15) is 0 Å². The molecule has 1 aliphatic carbocycles. The van der Waals surface area contributed by atoms with Crippen molar-refractivity contribution in [2.24, 2.45) is 0 Å². The molecule has 0 saturated carbocycles. The number of hydrogen-bond donors (Lipinski definition) is 0. The van der Waals surface area contributed by atoms with Crippen molar-refractivity contribution in [3.8, 4) is 50.7 Å². The van der Waals surface area contributed by atoms with Crippen molar-refractivity contribution in [1.29, 1.82) is 0 Å². The molecule has 0 amide bonds. The first kappa shape index (κ1) is 33.2. The molecule has 0 N–H and O–H groups in total. The minimum Gasteiger partial charge on any atom is -0.277 e. The van der Waals surface area contributed by atoms with E-state index in [2.05, 4.69) is 191 Å². The van der Waals surface area contributed by atoms with Crippen LogP contribution in [0, 0.1) is 0 Å². The van der Waals surface area contributed by atoms with Gasteiger partial charge in [0, 0.05) is 22.3 Å². The summed E-state index contributed by atoms with van der Waals surface area (Å²) < 4.78 is 2.23. The van der Waals surface area contributed by atoms with Gasteiger partial charge in [0.25, 0.3) is 0 Å². The van der Waals surface area contributed by atoms with Crippen LogP contribution in [0.5, 0.6) is 0 Å². The van der Waals surface area contributed by atoms with Gasteiger partial charge in [0.1, 0.15) is 0 Å². The summed E-state index contributed by atoms with van der Waals surface area (Å²) in [5.74, 6) is 2.33. The summed E-state index contributed by atoms with van der Waals surface area (Å²) in [7, 11) is 0. The van der Waals surface area contributed by atoms with E-state index < -0.39 is 5.41 Å². The summed E-state index contributed by atoms with van der Waals surface area (Å²) in [6.45, 7) is 0. The fourth-order valence-electron chi connectivity index (χ4n) is 9.39. The maximum absolute atomic E-state index is 5.44. The van der Waals surface area contributed by atoms with Crippen molar-refractivity contribution in [3.05, 3.63) is 229 Å². The first-order valence-electron chi connectivity index (χ1n) is 19.9. The first-order valence-corrected chi connectivity index (χ1v) is 19.9. The zero-order chi connectivity index (χ0) is 38.9. The maximum atomic E-state index is 5.44. The molecule has 10 aromatic rings. The van der Waals surface area contributed by atoms with Crippen molar-refractivity contribution in [1.82, 2.24) is 24.5 Å². The Labute approximate surface area is 341 Å². The van der Waals surface area contributed by atoms with Gasteiger partial charge in [-0.15, -0.1) is 0 Å². The molecule has 0 bridgehead atoms.